The highest BCUT2D eigenvalue weighted by molar-refractivity contribution is 7.17. The molecule has 0 aliphatic heterocycles. The van der Waals surface area contributed by atoms with E-state index in [4.69, 9.17) is 21.1 Å². The summed E-state index contributed by atoms with van der Waals surface area (Å²) in [7, 11) is 1.64. The molecule has 1 heterocycles. The van der Waals surface area contributed by atoms with Crippen LogP contribution in [0.1, 0.15) is 52.5 Å². The first-order valence-electron chi connectivity index (χ1n) is 10.6. The first kappa shape index (κ1) is 23.6. The Balaban J connectivity index is 1.73. The second-order valence-corrected chi connectivity index (χ2v) is 9.19. The van der Waals surface area contributed by atoms with Gasteiger partial charge in [-0.3, -0.25) is 9.59 Å². The van der Waals surface area contributed by atoms with Gasteiger partial charge in [0.05, 0.1) is 5.56 Å². The highest BCUT2D eigenvalue weighted by Gasteiger charge is 2.27. The molecule has 2 aromatic rings. The number of rotatable bonds is 9. The van der Waals surface area contributed by atoms with E-state index in [0.29, 0.717) is 34.5 Å². The van der Waals surface area contributed by atoms with Crippen molar-refractivity contribution in [2.24, 2.45) is 0 Å². The van der Waals surface area contributed by atoms with Gasteiger partial charge in [-0.2, -0.15) is 0 Å². The zero-order chi connectivity index (χ0) is 22.4. The first-order chi connectivity index (χ1) is 14.9. The van der Waals surface area contributed by atoms with Gasteiger partial charge in [0.1, 0.15) is 10.8 Å². The van der Waals surface area contributed by atoms with Crippen molar-refractivity contribution < 1.29 is 19.1 Å². The monoisotopic (exact) mass is 464 g/mol. The molecule has 3 rings (SSSR count). The summed E-state index contributed by atoms with van der Waals surface area (Å²) < 4.78 is 10.8. The smallest absolute Gasteiger partial charge is 0.265 e. The molecule has 31 heavy (non-hydrogen) atoms. The van der Waals surface area contributed by atoms with Gasteiger partial charge >= 0.3 is 0 Å². The van der Waals surface area contributed by atoms with Crippen LogP contribution in [0.5, 0.6) is 5.75 Å². The van der Waals surface area contributed by atoms with Crippen molar-refractivity contribution in [3.63, 3.8) is 0 Å². The van der Waals surface area contributed by atoms with Gasteiger partial charge in [-0.1, -0.05) is 11.6 Å². The average Bonchev–Trinajstić information content (AvgIpc) is 3.11. The topological polar surface area (TPSA) is 76.7 Å². The number of nitrogens with one attached hydrogen (secondary N) is 2. The molecule has 1 atom stereocenters. The van der Waals surface area contributed by atoms with E-state index in [1.807, 2.05) is 6.92 Å². The van der Waals surface area contributed by atoms with E-state index in [1.54, 1.807) is 32.2 Å². The van der Waals surface area contributed by atoms with Crippen LogP contribution in [0.15, 0.2) is 18.2 Å². The summed E-state index contributed by atoms with van der Waals surface area (Å²) in [5.41, 5.74) is 2.54. The highest BCUT2D eigenvalue weighted by atomic mass is 35.5. The summed E-state index contributed by atoms with van der Waals surface area (Å²) in [5, 5.41) is 7.14. The van der Waals surface area contributed by atoms with Gasteiger partial charge in [0, 0.05) is 30.2 Å². The van der Waals surface area contributed by atoms with Gasteiger partial charge in [-0.05, 0) is 75.3 Å². The molecular weight excluding hydrogens is 436 g/mol. The van der Waals surface area contributed by atoms with E-state index in [-0.39, 0.29) is 11.8 Å². The maximum Gasteiger partial charge on any atom is 0.265 e. The van der Waals surface area contributed by atoms with Crippen LogP contribution in [-0.4, -0.2) is 38.2 Å². The normalized spacial score (nSPS) is 13.9. The first-order valence-corrected chi connectivity index (χ1v) is 11.8. The van der Waals surface area contributed by atoms with Crippen LogP contribution in [0, 0.1) is 6.92 Å². The number of fused-ring (bicyclic) bond motifs is 1. The van der Waals surface area contributed by atoms with E-state index in [2.05, 4.69) is 10.6 Å². The lowest BCUT2D eigenvalue weighted by molar-refractivity contribution is -0.122. The summed E-state index contributed by atoms with van der Waals surface area (Å²) in [6.07, 6.45) is 3.97. The van der Waals surface area contributed by atoms with Crippen LogP contribution >= 0.6 is 22.9 Å². The number of ether oxygens (including phenoxy) is 2. The molecular formula is C23H29ClN2O4S. The minimum Gasteiger partial charge on any atom is -0.481 e. The quantitative estimate of drug-likeness (QED) is 0.524. The molecule has 1 aliphatic carbocycles. The van der Waals surface area contributed by atoms with Crippen LogP contribution in [0.3, 0.4) is 0 Å². The average molecular weight is 465 g/mol. The molecule has 0 saturated heterocycles. The van der Waals surface area contributed by atoms with Crippen LogP contribution in [0.2, 0.25) is 5.02 Å². The standard InChI is InChI=1S/C23H29ClN2O4S/c1-14-13-16(9-10-18(14)24)30-15(2)21(27)26-23-20(22(28)25-11-6-12-29-3)17-7-4-5-8-19(17)31-23/h9-10,13,15H,4-8,11-12H2,1-3H3,(H,25,28)(H,26,27)/t15-/m0/s1. The Hall–Kier alpha value is -2.09. The van der Waals surface area contributed by atoms with Crippen molar-refractivity contribution in [3.8, 4) is 5.75 Å². The highest BCUT2D eigenvalue weighted by Crippen LogP contribution is 2.38. The molecule has 0 bridgehead atoms. The van der Waals surface area contributed by atoms with Crippen LogP contribution < -0.4 is 15.4 Å². The number of benzene rings is 1. The van der Waals surface area contributed by atoms with E-state index < -0.39 is 6.10 Å². The van der Waals surface area contributed by atoms with Gasteiger partial charge in [0.2, 0.25) is 0 Å². The molecule has 0 unspecified atom stereocenters. The molecule has 2 N–H and O–H groups in total. The molecule has 0 saturated carbocycles. The largest absolute Gasteiger partial charge is 0.481 e. The number of amides is 2. The second kappa shape index (κ2) is 11.0. The van der Waals surface area contributed by atoms with Crippen molar-refractivity contribution in [2.45, 2.75) is 52.1 Å². The molecule has 0 radical (unpaired) electrons. The molecule has 8 heteroatoms. The third-order valence-electron chi connectivity index (χ3n) is 5.26. The zero-order valence-corrected chi connectivity index (χ0v) is 19.8. The maximum atomic E-state index is 12.9. The fourth-order valence-corrected chi connectivity index (χ4v) is 4.97. The Morgan fingerprint density at radius 2 is 2.03 bits per heavy atom. The third kappa shape index (κ3) is 5.99. The van der Waals surface area contributed by atoms with Gasteiger partial charge in [0.15, 0.2) is 6.10 Å². The van der Waals surface area contributed by atoms with Crippen molar-refractivity contribution in [2.75, 3.05) is 25.6 Å². The second-order valence-electron chi connectivity index (χ2n) is 7.68. The Kier molecular flexibility index (Phi) is 8.35. The fourth-order valence-electron chi connectivity index (χ4n) is 3.56. The molecule has 2 amide bonds. The zero-order valence-electron chi connectivity index (χ0n) is 18.2. The molecule has 168 valence electrons. The van der Waals surface area contributed by atoms with Gasteiger partial charge in [-0.25, -0.2) is 0 Å². The predicted octanol–water partition coefficient (Wildman–Crippen LogP) is 4.76. The minimum absolute atomic E-state index is 0.146. The Morgan fingerprint density at radius 1 is 1.26 bits per heavy atom. The molecule has 1 aromatic carbocycles. The van der Waals surface area contributed by atoms with Crippen LogP contribution in [0.25, 0.3) is 0 Å². The van der Waals surface area contributed by atoms with Crippen molar-refractivity contribution in [3.05, 3.63) is 44.8 Å². The summed E-state index contributed by atoms with van der Waals surface area (Å²) >= 11 is 7.56. The summed E-state index contributed by atoms with van der Waals surface area (Å²) in [5.74, 6) is 0.137. The van der Waals surface area contributed by atoms with E-state index in [0.717, 1.165) is 43.2 Å². The van der Waals surface area contributed by atoms with E-state index in [1.165, 1.54) is 16.2 Å². The number of thiophene rings is 1. The fraction of sp³-hybridized carbons (Fsp3) is 0.478. The maximum absolute atomic E-state index is 12.9. The van der Waals surface area contributed by atoms with Gasteiger partial charge in [-0.15, -0.1) is 11.3 Å². The predicted molar refractivity (Wildman–Crippen MR) is 125 cm³/mol. The molecule has 1 aliphatic rings. The Labute approximate surface area is 192 Å². The van der Waals surface area contributed by atoms with Crippen molar-refractivity contribution in [1.82, 2.24) is 5.32 Å². The lowest BCUT2D eigenvalue weighted by Gasteiger charge is -2.16. The van der Waals surface area contributed by atoms with Gasteiger partial charge in [0.25, 0.3) is 11.8 Å². The lowest BCUT2D eigenvalue weighted by atomic mass is 9.95. The van der Waals surface area contributed by atoms with E-state index in [9.17, 15) is 9.59 Å². The summed E-state index contributed by atoms with van der Waals surface area (Å²) in [6, 6.07) is 5.28. The van der Waals surface area contributed by atoms with Crippen LogP contribution in [-0.2, 0) is 22.4 Å². The SMILES string of the molecule is COCCCNC(=O)c1c(NC(=O)[C@H](C)Oc2ccc(Cl)c(C)c2)sc2c1CCCC2. The molecule has 0 fully saturated rings. The van der Waals surface area contributed by atoms with E-state index >= 15 is 0 Å². The molecule has 0 spiro atoms. The number of carbonyl (C=O) groups excluding carboxylic acids is 2. The van der Waals surface area contributed by atoms with Gasteiger partial charge < -0.3 is 20.1 Å². The van der Waals surface area contributed by atoms with Crippen molar-refractivity contribution in [1.29, 1.82) is 0 Å². The summed E-state index contributed by atoms with van der Waals surface area (Å²) in [6.45, 7) is 4.69. The summed E-state index contributed by atoms with van der Waals surface area (Å²) in [4.78, 5) is 27.0. The number of methoxy groups -OCH3 is 1. The minimum atomic E-state index is -0.725. The number of halogens is 1. The third-order valence-corrected chi connectivity index (χ3v) is 6.89. The number of hydrogen-bond donors (Lipinski definition) is 2. The number of hydrogen-bond acceptors (Lipinski definition) is 5. The molecule has 1 aromatic heterocycles. The Bertz CT molecular complexity index is 944. The molecule has 6 nitrogen and oxygen atoms in total. The number of carbonyl (C=O) groups is 2. The lowest BCUT2D eigenvalue weighted by Crippen LogP contribution is -2.31. The Morgan fingerprint density at radius 3 is 2.77 bits per heavy atom. The van der Waals surface area contributed by atoms with Crippen LogP contribution in [0.4, 0.5) is 5.00 Å². The number of anilines is 1. The van der Waals surface area contributed by atoms with Crippen molar-refractivity contribution >= 4 is 39.8 Å². The number of aryl methyl sites for hydroxylation is 2.